The van der Waals surface area contributed by atoms with Crippen molar-refractivity contribution >= 4 is 13.8 Å². The van der Waals surface area contributed by atoms with Crippen molar-refractivity contribution in [2.24, 2.45) is 5.90 Å². The molecule has 0 spiro atoms. The Balaban J connectivity index is 2.80. The van der Waals surface area contributed by atoms with Crippen LogP contribution in [-0.4, -0.2) is 5.97 Å². The summed E-state index contributed by atoms with van der Waals surface area (Å²) in [5.41, 5.74) is 0.0546. The minimum atomic E-state index is -4.16. The van der Waals surface area contributed by atoms with Gasteiger partial charge in [-0.05, 0) is 19.1 Å². The smallest absolute Gasteiger partial charge is 0.394 e. The first-order chi connectivity index (χ1) is 7.97. The topological polar surface area (TPSA) is 87.9 Å². The predicted molar refractivity (Wildman–Crippen MR) is 60.9 cm³/mol. The molecule has 0 bridgehead atoms. The highest BCUT2D eigenvalue weighted by Crippen LogP contribution is 2.48. The Hall–Kier alpha value is -1.62. The molecule has 6 nitrogen and oxygen atoms in total. The molecule has 0 fully saturated rings. The summed E-state index contributed by atoms with van der Waals surface area (Å²) in [7, 11) is -4.16. The molecule has 1 atom stereocenters. The molecule has 1 unspecified atom stereocenters. The molecule has 0 radical (unpaired) electrons. The minimum Gasteiger partial charge on any atom is -0.394 e. The van der Waals surface area contributed by atoms with Gasteiger partial charge in [-0.3, -0.25) is 0 Å². The molecule has 0 aliphatic rings. The van der Waals surface area contributed by atoms with Crippen LogP contribution in [0.15, 0.2) is 42.5 Å². The first-order valence-electron chi connectivity index (χ1n) is 4.59. The molecule has 2 N–H and O–H groups in total. The molecule has 0 amide bonds. The molecular weight excluding hydrogens is 245 g/mol. The fourth-order valence-electron chi connectivity index (χ4n) is 0.852. The molecule has 1 rings (SSSR count). The van der Waals surface area contributed by atoms with Crippen molar-refractivity contribution in [3.05, 3.63) is 42.5 Å². The fourth-order valence-corrected chi connectivity index (χ4v) is 1.71. The van der Waals surface area contributed by atoms with Crippen molar-refractivity contribution in [2.75, 3.05) is 0 Å². The summed E-state index contributed by atoms with van der Waals surface area (Å²) in [5, 5.41) is 0. The molecular formula is C10H12NO5P. The lowest BCUT2D eigenvalue weighted by Gasteiger charge is -2.14. The maximum atomic E-state index is 11.8. The Morgan fingerprint density at radius 2 is 1.94 bits per heavy atom. The average Bonchev–Trinajstić information content (AvgIpc) is 2.30. The van der Waals surface area contributed by atoms with E-state index in [1.165, 1.54) is 19.1 Å². The van der Waals surface area contributed by atoms with Crippen LogP contribution < -0.4 is 10.4 Å². The summed E-state index contributed by atoms with van der Waals surface area (Å²) in [6.07, 6.45) is 0. The SMILES string of the molecule is C=C(C)C(=O)OP(=O)(ON)Oc1ccccc1. The van der Waals surface area contributed by atoms with E-state index in [9.17, 15) is 9.36 Å². The van der Waals surface area contributed by atoms with Gasteiger partial charge in [-0.15, -0.1) is 0 Å². The number of hydrogen-bond acceptors (Lipinski definition) is 6. The van der Waals surface area contributed by atoms with Crippen LogP contribution in [0.25, 0.3) is 0 Å². The zero-order valence-corrected chi connectivity index (χ0v) is 10.1. The van der Waals surface area contributed by atoms with Crippen molar-refractivity contribution in [1.82, 2.24) is 0 Å². The van der Waals surface area contributed by atoms with E-state index in [1.54, 1.807) is 18.2 Å². The second-order valence-corrected chi connectivity index (χ2v) is 4.59. The van der Waals surface area contributed by atoms with Gasteiger partial charge in [0.1, 0.15) is 5.75 Å². The van der Waals surface area contributed by atoms with Gasteiger partial charge in [0, 0.05) is 5.57 Å². The second kappa shape index (κ2) is 5.63. The van der Waals surface area contributed by atoms with Gasteiger partial charge in [-0.2, -0.15) is 4.62 Å². The summed E-state index contributed by atoms with van der Waals surface area (Å²) in [4.78, 5) is 11.2. The summed E-state index contributed by atoms with van der Waals surface area (Å²) in [6, 6.07) is 8.06. The number of phosphoric acid groups is 1. The zero-order valence-electron chi connectivity index (χ0n) is 9.16. The lowest BCUT2D eigenvalue weighted by molar-refractivity contribution is -0.131. The van der Waals surface area contributed by atoms with E-state index in [0.717, 1.165) is 0 Å². The molecule has 92 valence electrons. The molecule has 0 aromatic heterocycles. The van der Waals surface area contributed by atoms with E-state index in [-0.39, 0.29) is 11.3 Å². The van der Waals surface area contributed by atoms with Gasteiger partial charge in [0.05, 0.1) is 0 Å². The lowest BCUT2D eigenvalue weighted by Crippen LogP contribution is -2.11. The molecule has 0 saturated carbocycles. The van der Waals surface area contributed by atoms with E-state index >= 15 is 0 Å². The quantitative estimate of drug-likeness (QED) is 0.494. The van der Waals surface area contributed by atoms with Crippen LogP contribution in [0.5, 0.6) is 5.75 Å². The van der Waals surface area contributed by atoms with Crippen molar-refractivity contribution in [2.45, 2.75) is 6.92 Å². The highest BCUT2D eigenvalue weighted by atomic mass is 31.2. The maximum Gasteiger partial charge on any atom is 0.607 e. The van der Waals surface area contributed by atoms with Crippen LogP contribution in [0.4, 0.5) is 0 Å². The Kier molecular flexibility index (Phi) is 4.45. The van der Waals surface area contributed by atoms with E-state index < -0.39 is 13.8 Å². The Morgan fingerprint density at radius 1 is 1.35 bits per heavy atom. The van der Waals surface area contributed by atoms with Crippen molar-refractivity contribution in [1.29, 1.82) is 0 Å². The molecule has 0 heterocycles. The summed E-state index contributed by atoms with van der Waals surface area (Å²) < 4.78 is 25.3. The minimum absolute atomic E-state index is 0.0546. The van der Waals surface area contributed by atoms with E-state index in [1.807, 2.05) is 0 Å². The average molecular weight is 257 g/mol. The first-order valence-corrected chi connectivity index (χ1v) is 6.05. The van der Waals surface area contributed by atoms with Gasteiger partial charge in [-0.1, -0.05) is 24.8 Å². The maximum absolute atomic E-state index is 11.8. The number of benzene rings is 1. The second-order valence-electron chi connectivity index (χ2n) is 3.12. The van der Waals surface area contributed by atoms with Gasteiger partial charge in [0.25, 0.3) is 0 Å². The standard InChI is InChI=1S/C10H12NO5P/c1-8(2)10(12)15-17(13,16-11)14-9-6-4-3-5-7-9/h3-7H,1,11H2,2H3. The highest BCUT2D eigenvalue weighted by molar-refractivity contribution is 7.49. The van der Waals surface area contributed by atoms with Crippen molar-refractivity contribution in [3.63, 3.8) is 0 Å². The number of phosphoric ester groups is 1. The van der Waals surface area contributed by atoms with Crippen LogP contribution in [0.2, 0.25) is 0 Å². The Labute approximate surface area is 98.5 Å². The summed E-state index contributed by atoms with van der Waals surface area (Å²) in [6.45, 7) is 4.73. The molecule has 17 heavy (non-hydrogen) atoms. The van der Waals surface area contributed by atoms with Crippen molar-refractivity contribution in [3.8, 4) is 5.75 Å². The number of carbonyl (C=O) groups is 1. The molecule has 0 aliphatic carbocycles. The fraction of sp³-hybridized carbons (Fsp3) is 0.100. The third kappa shape index (κ3) is 4.03. The number of hydrogen-bond donors (Lipinski definition) is 1. The lowest BCUT2D eigenvalue weighted by atomic mass is 10.3. The van der Waals surface area contributed by atoms with Crippen LogP contribution >= 0.6 is 7.82 Å². The Bertz CT molecular complexity index is 459. The molecule has 1 aromatic rings. The van der Waals surface area contributed by atoms with E-state index in [2.05, 4.69) is 15.7 Å². The monoisotopic (exact) mass is 257 g/mol. The van der Waals surface area contributed by atoms with E-state index in [4.69, 9.17) is 10.4 Å². The number of rotatable bonds is 5. The van der Waals surface area contributed by atoms with E-state index in [0.29, 0.717) is 0 Å². The summed E-state index contributed by atoms with van der Waals surface area (Å²) in [5.74, 6) is 4.11. The van der Waals surface area contributed by atoms with Crippen LogP contribution in [0.1, 0.15) is 6.92 Å². The number of carbonyl (C=O) groups excluding carboxylic acids is 1. The Morgan fingerprint density at radius 3 is 2.41 bits per heavy atom. The van der Waals surface area contributed by atoms with Crippen LogP contribution in [0, 0.1) is 0 Å². The molecule has 1 aromatic carbocycles. The first kappa shape index (κ1) is 13.4. The number of nitrogens with two attached hydrogens (primary N) is 1. The van der Waals surface area contributed by atoms with Crippen molar-refractivity contribution < 1.29 is 23.0 Å². The molecule has 7 heteroatoms. The van der Waals surface area contributed by atoms with Gasteiger partial charge in [0.15, 0.2) is 0 Å². The normalized spacial score (nSPS) is 13.5. The summed E-state index contributed by atoms with van der Waals surface area (Å²) >= 11 is 0. The molecule has 0 saturated heterocycles. The third-order valence-electron chi connectivity index (χ3n) is 1.63. The van der Waals surface area contributed by atoms with Crippen LogP contribution in [0.3, 0.4) is 0 Å². The highest BCUT2D eigenvalue weighted by Gasteiger charge is 2.32. The van der Waals surface area contributed by atoms with Gasteiger partial charge in [0.2, 0.25) is 0 Å². The van der Waals surface area contributed by atoms with Gasteiger partial charge < -0.3 is 9.05 Å². The van der Waals surface area contributed by atoms with Crippen LogP contribution in [-0.2, 0) is 18.5 Å². The third-order valence-corrected chi connectivity index (χ3v) is 2.71. The largest absolute Gasteiger partial charge is 0.607 e. The predicted octanol–water partition coefficient (Wildman–Crippen LogP) is 2.18. The van der Waals surface area contributed by atoms with Gasteiger partial charge in [-0.25, -0.2) is 15.3 Å². The molecule has 0 aliphatic heterocycles. The number of para-hydroxylation sites is 1. The zero-order chi connectivity index (χ0) is 12.9. The van der Waals surface area contributed by atoms with Gasteiger partial charge >= 0.3 is 13.8 Å².